The second-order valence-electron chi connectivity index (χ2n) is 6.03. The molecule has 0 saturated heterocycles. The monoisotopic (exact) mass is 382 g/mol. The molecule has 0 unspecified atom stereocenters. The summed E-state index contributed by atoms with van der Waals surface area (Å²) in [7, 11) is 1.53. The van der Waals surface area contributed by atoms with Crippen molar-refractivity contribution >= 4 is 34.7 Å². The van der Waals surface area contributed by atoms with Crippen molar-refractivity contribution in [1.29, 1.82) is 0 Å². The Labute approximate surface area is 162 Å². The van der Waals surface area contributed by atoms with E-state index in [2.05, 4.69) is 20.6 Å². The van der Waals surface area contributed by atoms with Gasteiger partial charge in [-0.2, -0.15) is 0 Å². The van der Waals surface area contributed by atoms with E-state index in [9.17, 15) is 4.79 Å². The highest BCUT2D eigenvalue weighted by atomic mass is 35.5. The topological polar surface area (TPSA) is 76.1 Å². The fourth-order valence-corrected chi connectivity index (χ4v) is 2.72. The van der Waals surface area contributed by atoms with Crippen LogP contribution in [0.15, 0.2) is 48.8 Å². The number of carbonyl (C=O) groups is 1. The molecule has 0 aliphatic rings. The molecule has 0 aliphatic heterocycles. The Hall–Kier alpha value is -3.12. The van der Waals surface area contributed by atoms with Gasteiger partial charge in [0.1, 0.15) is 17.3 Å². The van der Waals surface area contributed by atoms with Crippen molar-refractivity contribution < 1.29 is 9.53 Å². The van der Waals surface area contributed by atoms with E-state index in [0.29, 0.717) is 22.3 Å². The molecule has 2 aromatic carbocycles. The van der Waals surface area contributed by atoms with Crippen LogP contribution in [0.5, 0.6) is 5.75 Å². The van der Waals surface area contributed by atoms with Crippen LogP contribution in [0.2, 0.25) is 5.02 Å². The van der Waals surface area contributed by atoms with Crippen LogP contribution >= 0.6 is 11.6 Å². The first-order chi connectivity index (χ1) is 13.0. The van der Waals surface area contributed by atoms with E-state index in [0.717, 1.165) is 16.8 Å². The first-order valence-electron chi connectivity index (χ1n) is 8.27. The number of nitrogens with zero attached hydrogens (tertiary/aromatic N) is 2. The van der Waals surface area contributed by atoms with Gasteiger partial charge in [-0.05, 0) is 49.2 Å². The van der Waals surface area contributed by atoms with Crippen LogP contribution in [-0.2, 0) is 0 Å². The summed E-state index contributed by atoms with van der Waals surface area (Å²) < 4.78 is 5.09. The zero-order valence-corrected chi connectivity index (χ0v) is 16.0. The van der Waals surface area contributed by atoms with Crippen LogP contribution in [0.4, 0.5) is 17.2 Å². The number of hydrogen-bond donors (Lipinski definition) is 2. The highest BCUT2D eigenvalue weighted by Gasteiger charge is 2.10. The fourth-order valence-electron chi connectivity index (χ4n) is 2.46. The summed E-state index contributed by atoms with van der Waals surface area (Å²) in [6.07, 6.45) is 2.95. The summed E-state index contributed by atoms with van der Waals surface area (Å²) in [5.74, 6) is 0.728. The maximum absolute atomic E-state index is 12.3. The normalized spacial score (nSPS) is 10.4. The van der Waals surface area contributed by atoms with E-state index >= 15 is 0 Å². The summed E-state index contributed by atoms with van der Waals surface area (Å²) in [6.45, 7) is 4.03. The SMILES string of the molecule is COc1ccc(NC(=O)c2cnc(Nc3cc(C)ccc3C)cn2)cc1Cl. The van der Waals surface area contributed by atoms with Gasteiger partial charge >= 0.3 is 0 Å². The standard InChI is InChI=1S/C20H19ClN4O2/c1-12-4-5-13(2)16(8-12)25-19-11-22-17(10-23-19)20(26)24-14-6-7-18(27-3)15(21)9-14/h4-11H,1-3H3,(H,23,25)(H,24,26). The molecule has 6 nitrogen and oxygen atoms in total. The number of aryl methyl sites for hydroxylation is 2. The minimum Gasteiger partial charge on any atom is -0.495 e. The molecule has 0 saturated carbocycles. The zero-order valence-electron chi connectivity index (χ0n) is 15.2. The molecule has 0 bridgehead atoms. The van der Waals surface area contributed by atoms with Crippen molar-refractivity contribution in [2.24, 2.45) is 0 Å². The molecule has 0 radical (unpaired) electrons. The summed E-state index contributed by atoms with van der Waals surface area (Å²) in [5.41, 5.74) is 3.94. The summed E-state index contributed by atoms with van der Waals surface area (Å²) in [5, 5.41) is 6.36. The molecule has 0 fully saturated rings. The van der Waals surface area contributed by atoms with Crippen molar-refractivity contribution in [2.75, 3.05) is 17.7 Å². The third-order valence-electron chi connectivity index (χ3n) is 3.95. The lowest BCUT2D eigenvalue weighted by Crippen LogP contribution is -2.14. The predicted octanol–water partition coefficient (Wildman–Crippen LogP) is 4.75. The van der Waals surface area contributed by atoms with Crippen LogP contribution < -0.4 is 15.4 Å². The molecule has 3 rings (SSSR count). The Bertz CT molecular complexity index is 974. The molecule has 1 amide bonds. The smallest absolute Gasteiger partial charge is 0.275 e. The van der Waals surface area contributed by atoms with Crippen LogP contribution in [0.1, 0.15) is 21.6 Å². The first kappa shape index (κ1) is 18.7. The van der Waals surface area contributed by atoms with Gasteiger partial charge in [-0.3, -0.25) is 4.79 Å². The fraction of sp³-hybridized carbons (Fsp3) is 0.150. The zero-order chi connectivity index (χ0) is 19.4. The molecule has 0 atom stereocenters. The van der Waals surface area contributed by atoms with Gasteiger partial charge in [0.05, 0.1) is 24.5 Å². The van der Waals surface area contributed by atoms with Crippen molar-refractivity contribution in [3.05, 3.63) is 70.6 Å². The van der Waals surface area contributed by atoms with Crippen LogP contribution in [0.25, 0.3) is 0 Å². The highest BCUT2D eigenvalue weighted by molar-refractivity contribution is 6.32. The van der Waals surface area contributed by atoms with Gasteiger partial charge in [-0.25, -0.2) is 9.97 Å². The Kier molecular flexibility index (Phi) is 5.57. The number of ether oxygens (including phenoxy) is 1. The number of methoxy groups -OCH3 is 1. The van der Waals surface area contributed by atoms with E-state index in [4.69, 9.17) is 16.3 Å². The molecular weight excluding hydrogens is 364 g/mol. The number of nitrogens with one attached hydrogen (secondary N) is 2. The second-order valence-corrected chi connectivity index (χ2v) is 6.44. The van der Waals surface area contributed by atoms with Gasteiger partial charge in [0.15, 0.2) is 0 Å². The lowest BCUT2D eigenvalue weighted by Gasteiger charge is -2.10. The second kappa shape index (κ2) is 8.05. The number of rotatable bonds is 5. The summed E-state index contributed by atoms with van der Waals surface area (Å²) in [4.78, 5) is 20.8. The third-order valence-corrected chi connectivity index (χ3v) is 4.25. The number of aromatic nitrogens is 2. The molecule has 7 heteroatoms. The Morgan fingerprint density at radius 2 is 1.89 bits per heavy atom. The number of hydrogen-bond acceptors (Lipinski definition) is 5. The summed E-state index contributed by atoms with van der Waals surface area (Å²) in [6, 6.07) is 11.1. The van der Waals surface area contributed by atoms with Gasteiger partial charge in [-0.15, -0.1) is 0 Å². The van der Waals surface area contributed by atoms with Gasteiger partial charge in [0.25, 0.3) is 5.91 Å². The first-order valence-corrected chi connectivity index (χ1v) is 8.65. The Morgan fingerprint density at radius 3 is 2.56 bits per heavy atom. The van der Waals surface area contributed by atoms with E-state index in [1.807, 2.05) is 32.0 Å². The van der Waals surface area contributed by atoms with Crippen molar-refractivity contribution in [2.45, 2.75) is 13.8 Å². The van der Waals surface area contributed by atoms with E-state index in [-0.39, 0.29) is 11.6 Å². The number of amides is 1. The lowest BCUT2D eigenvalue weighted by molar-refractivity contribution is 0.102. The van der Waals surface area contributed by atoms with Gasteiger partial charge in [0.2, 0.25) is 0 Å². The largest absolute Gasteiger partial charge is 0.495 e. The highest BCUT2D eigenvalue weighted by Crippen LogP contribution is 2.27. The van der Waals surface area contributed by atoms with Gasteiger partial charge in [-0.1, -0.05) is 23.7 Å². The minimum absolute atomic E-state index is 0.202. The van der Waals surface area contributed by atoms with Crippen LogP contribution in [0, 0.1) is 13.8 Å². The molecule has 1 aromatic heterocycles. The molecule has 0 spiro atoms. The molecule has 138 valence electrons. The number of halogens is 1. The maximum atomic E-state index is 12.3. The lowest BCUT2D eigenvalue weighted by atomic mass is 10.1. The Morgan fingerprint density at radius 1 is 1.07 bits per heavy atom. The van der Waals surface area contributed by atoms with Crippen molar-refractivity contribution in [3.8, 4) is 5.75 Å². The van der Waals surface area contributed by atoms with Crippen molar-refractivity contribution in [3.63, 3.8) is 0 Å². The maximum Gasteiger partial charge on any atom is 0.275 e. The number of carbonyl (C=O) groups excluding carboxylic acids is 1. The summed E-state index contributed by atoms with van der Waals surface area (Å²) >= 11 is 6.07. The third kappa shape index (κ3) is 4.54. The number of anilines is 3. The molecule has 1 heterocycles. The van der Waals surface area contributed by atoms with E-state index in [1.54, 1.807) is 18.2 Å². The average Bonchev–Trinajstić information content (AvgIpc) is 2.65. The minimum atomic E-state index is -0.373. The molecule has 2 N–H and O–H groups in total. The molecule has 3 aromatic rings. The molecule has 27 heavy (non-hydrogen) atoms. The van der Waals surface area contributed by atoms with Gasteiger partial charge < -0.3 is 15.4 Å². The number of benzene rings is 2. The molecule has 0 aliphatic carbocycles. The van der Waals surface area contributed by atoms with Gasteiger partial charge in [0, 0.05) is 11.4 Å². The average molecular weight is 383 g/mol. The predicted molar refractivity (Wildman–Crippen MR) is 107 cm³/mol. The van der Waals surface area contributed by atoms with Crippen LogP contribution in [0.3, 0.4) is 0 Å². The molecular formula is C20H19ClN4O2. The van der Waals surface area contributed by atoms with Crippen LogP contribution in [-0.4, -0.2) is 23.0 Å². The van der Waals surface area contributed by atoms with Crippen molar-refractivity contribution in [1.82, 2.24) is 9.97 Å². The van der Waals surface area contributed by atoms with E-state index in [1.165, 1.54) is 19.5 Å². The Balaban J connectivity index is 1.70. The van der Waals surface area contributed by atoms with E-state index < -0.39 is 0 Å². The quantitative estimate of drug-likeness (QED) is 0.665.